The molecule has 0 aliphatic carbocycles. The predicted octanol–water partition coefficient (Wildman–Crippen LogP) is 23.8. The molecule has 0 N–H and O–H groups in total. The normalized spacial score (nSPS) is 12.1. The lowest BCUT2D eigenvalue weighted by Crippen LogP contribution is -2.30. The molecular formula is C71H134O6. The minimum atomic E-state index is -0.771. The van der Waals surface area contributed by atoms with Gasteiger partial charge < -0.3 is 14.2 Å². The van der Waals surface area contributed by atoms with Crippen LogP contribution in [0.1, 0.15) is 393 Å². The van der Waals surface area contributed by atoms with E-state index in [-0.39, 0.29) is 31.1 Å². The van der Waals surface area contributed by atoms with Gasteiger partial charge in [-0.15, -0.1) is 0 Å². The summed E-state index contributed by atoms with van der Waals surface area (Å²) >= 11 is 0. The second-order valence-electron chi connectivity index (χ2n) is 23.8. The summed E-state index contributed by atoms with van der Waals surface area (Å²) in [4.78, 5) is 38.3. The zero-order chi connectivity index (χ0) is 55.7. The van der Waals surface area contributed by atoms with Crippen molar-refractivity contribution in [1.29, 1.82) is 0 Å². The van der Waals surface area contributed by atoms with Gasteiger partial charge in [0.05, 0.1) is 0 Å². The van der Waals surface area contributed by atoms with Crippen LogP contribution in [0.2, 0.25) is 0 Å². The number of hydrogen-bond acceptors (Lipinski definition) is 6. The first-order valence-corrected chi connectivity index (χ1v) is 34.8. The maximum Gasteiger partial charge on any atom is 0.306 e. The van der Waals surface area contributed by atoms with Gasteiger partial charge in [-0.2, -0.15) is 0 Å². The fourth-order valence-electron chi connectivity index (χ4n) is 10.7. The summed E-state index contributed by atoms with van der Waals surface area (Å²) < 4.78 is 16.9. The number of esters is 3. The van der Waals surface area contributed by atoms with Gasteiger partial charge in [0.15, 0.2) is 6.10 Å². The Morgan fingerprint density at radius 1 is 0.247 bits per heavy atom. The van der Waals surface area contributed by atoms with Crippen LogP contribution in [0.5, 0.6) is 0 Å². The molecule has 0 heterocycles. The maximum absolute atomic E-state index is 12.9. The highest BCUT2D eigenvalue weighted by atomic mass is 16.6. The Morgan fingerprint density at radius 2 is 0.429 bits per heavy atom. The van der Waals surface area contributed by atoms with Crippen LogP contribution in [0, 0.1) is 0 Å². The lowest BCUT2D eigenvalue weighted by atomic mass is 10.0. The van der Waals surface area contributed by atoms with Crippen LogP contribution in [0.25, 0.3) is 0 Å². The molecular weight excluding hydrogens is 949 g/mol. The van der Waals surface area contributed by atoms with Gasteiger partial charge in [0, 0.05) is 19.3 Å². The van der Waals surface area contributed by atoms with Crippen LogP contribution in [-0.2, 0) is 28.6 Å². The molecule has 6 heteroatoms. The molecule has 0 spiro atoms. The molecule has 0 aromatic heterocycles. The number of hydrogen-bond donors (Lipinski definition) is 0. The average Bonchev–Trinajstić information content (AvgIpc) is 3.43. The summed E-state index contributed by atoms with van der Waals surface area (Å²) in [5.74, 6) is -0.848. The molecule has 454 valence electrons. The first kappa shape index (κ1) is 74.9. The fraction of sp³-hybridized carbons (Fsp3) is 0.901. The van der Waals surface area contributed by atoms with E-state index < -0.39 is 6.10 Å². The minimum absolute atomic E-state index is 0.0684. The minimum Gasteiger partial charge on any atom is -0.462 e. The Morgan fingerprint density at radius 3 is 0.649 bits per heavy atom. The van der Waals surface area contributed by atoms with E-state index in [2.05, 4.69) is 45.1 Å². The number of carbonyl (C=O) groups is 3. The van der Waals surface area contributed by atoms with E-state index in [0.717, 1.165) is 64.2 Å². The lowest BCUT2D eigenvalue weighted by Gasteiger charge is -2.18. The topological polar surface area (TPSA) is 78.9 Å². The summed E-state index contributed by atoms with van der Waals surface area (Å²) in [6.07, 6.45) is 80.7. The van der Waals surface area contributed by atoms with Crippen molar-refractivity contribution < 1.29 is 28.6 Å². The van der Waals surface area contributed by atoms with Crippen molar-refractivity contribution in [2.45, 2.75) is 399 Å². The van der Waals surface area contributed by atoms with E-state index in [1.165, 1.54) is 289 Å². The summed E-state index contributed by atoms with van der Waals surface area (Å²) in [5.41, 5.74) is 0. The Balaban J connectivity index is 4.10. The number of carbonyl (C=O) groups excluding carboxylic acids is 3. The van der Waals surface area contributed by atoms with Crippen molar-refractivity contribution in [3.05, 3.63) is 24.3 Å². The quantitative estimate of drug-likeness (QED) is 0.0261. The van der Waals surface area contributed by atoms with Crippen molar-refractivity contribution >= 4 is 17.9 Å². The number of ether oxygens (including phenoxy) is 3. The molecule has 77 heavy (non-hydrogen) atoms. The van der Waals surface area contributed by atoms with E-state index in [9.17, 15) is 14.4 Å². The third kappa shape index (κ3) is 64.6. The van der Waals surface area contributed by atoms with E-state index >= 15 is 0 Å². The predicted molar refractivity (Wildman–Crippen MR) is 335 cm³/mol. The molecule has 6 nitrogen and oxygen atoms in total. The van der Waals surface area contributed by atoms with Crippen molar-refractivity contribution in [2.24, 2.45) is 0 Å². The van der Waals surface area contributed by atoms with Gasteiger partial charge in [-0.05, 0) is 70.6 Å². The third-order valence-electron chi connectivity index (χ3n) is 15.9. The highest BCUT2D eigenvalue weighted by Crippen LogP contribution is 2.18. The molecule has 0 radical (unpaired) electrons. The Labute approximate surface area is 481 Å². The van der Waals surface area contributed by atoms with Crippen LogP contribution in [0.15, 0.2) is 24.3 Å². The summed E-state index contributed by atoms with van der Waals surface area (Å²) in [5, 5.41) is 0. The maximum atomic E-state index is 12.9. The van der Waals surface area contributed by atoms with Crippen LogP contribution >= 0.6 is 0 Å². The van der Waals surface area contributed by atoms with Crippen LogP contribution in [0.4, 0.5) is 0 Å². The largest absolute Gasteiger partial charge is 0.462 e. The van der Waals surface area contributed by atoms with Crippen molar-refractivity contribution in [1.82, 2.24) is 0 Å². The lowest BCUT2D eigenvalue weighted by molar-refractivity contribution is -0.167. The van der Waals surface area contributed by atoms with Crippen LogP contribution < -0.4 is 0 Å². The molecule has 1 atom stereocenters. The summed E-state index contributed by atoms with van der Waals surface area (Å²) in [6.45, 7) is 6.69. The smallest absolute Gasteiger partial charge is 0.306 e. The van der Waals surface area contributed by atoms with Gasteiger partial charge in [0.2, 0.25) is 0 Å². The number of unbranched alkanes of at least 4 members (excludes halogenated alkanes) is 50. The molecule has 0 saturated heterocycles. The second-order valence-corrected chi connectivity index (χ2v) is 23.8. The number of allylic oxidation sites excluding steroid dienone is 4. The third-order valence-corrected chi connectivity index (χ3v) is 15.9. The summed E-state index contributed by atoms with van der Waals surface area (Å²) in [7, 11) is 0. The van der Waals surface area contributed by atoms with E-state index in [1.807, 2.05) is 0 Å². The zero-order valence-electron chi connectivity index (χ0n) is 52.3. The standard InChI is InChI=1S/C71H134O6/c1-4-7-10-13-16-19-22-25-28-29-30-31-32-33-34-35-36-37-38-39-40-41-42-43-44-47-49-52-55-58-61-64-70(73)76-67-68(77-71(74)65-62-59-56-53-50-46-27-24-21-18-15-12-9-6-3)66-75-69(72)63-60-57-54-51-48-45-26-23-20-17-14-11-8-5-2/h24,27,29-30,68H,4-23,25-26,28,31-67H2,1-3H3/b27-24-,30-29-. The zero-order valence-corrected chi connectivity index (χ0v) is 52.3. The molecule has 0 aliphatic rings. The van der Waals surface area contributed by atoms with E-state index in [1.54, 1.807) is 0 Å². The molecule has 0 amide bonds. The molecule has 0 aromatic carbocycles. The first-order chi connectivity index (χ1) is 38.0. The Kier molecular flexibility index (Phi) is 64.6. The van der Waals surface area contributed by atoms with E-state index in [0.29, 0.717) is 19.3 Å². The van der Waals surface area contributed by atoms with Gasteiger partial charge in [-0.25, -0.2) is 0 Å². The van der Waals surface area contributed by atoms with Crippen LogP contribution in [-0.4, -0.2) is 37.2 Å². The monoisotopic (exact) mass is 1080 g/mol. The SMILES string of the molecule is CCCCCCC/C=C\CCCCCCCC(=O)OC(COC(=O)CCCCCCCCCCCCCCCC)COC(=O)CCCCCCCCCCCCCCCCCCCCC/C=C\CCCCCCCCCC. The molecule has 0 aliphatic heterocycles. The van der Waals surface area contributed by atoms with Crippen LogP contribution in [0.3, 0.4) is 0 Å². The molecule has 0 aromatic rings. The highest BCUT2D eigenvalue weighted by Gasteiger charge is 2.19. The van der Waals surface area contributed by atoms with Crippen molar-refractivity contribution in [3.63, 3.8) is 0 Å². The van der Waals surface area contributed by atoms with Gasteiger partial charge >= 0.3 is 17.9 Å². The van der Waals surface area contributed by atoms with Gasteiger partial charge in [0.1, 0.15) is 13.2 Å². The Hall–Kier alpha value is -2.11. The first-order valence-electron chi connectivity index (χ1n) is 34.8. The number of rotatable bonds is 65. The average molecular weight is 1080 g/mol. The van der Waals surface area contributed by atoms with Crippen molar-refractivity contribution in [2.75, 3.05) is 13.2 Å². The van der Waals surface area contributed by atoms with Gasteiger partial charge in [-0.3, -0.25) is 14.4 Å². The molecule has 1 unspecified atom stereocenters. The second kappa shape index (κ2) is 66.4. The molecule has 0 fully saturated rings. The van der Waals surface area contributed by atoms with Crippen molar-refractivity contribution in [3.8, 4) is 0 Å². The highest BCUT2D eigenvalue weighted by molar-refractivity contribution is 5.71. The molecule has 0 bridgehead atoms. The molecule has 0 rings (SSSR count). The Bertz CT molecular complexity index is 1240. The fourth-order valence-corrected chi connectivity index (χ4v) is 10.7. The molecule has 0 saturated carbocycles. The van der Waals surface area contributed by atoms with Gasteiger partial charge in [0.25, 0.3) is 0 Å². The van der Waals surface area contributed by atoms with E-state index in [4.69, 9.17) is 14.2 Å². The summed E-state index contributed by atoms with van der Waals surface area (Å²) in [6, 6.07) is 0. The van der Waals surface area contributed by atoms with Gasteiger partial charge in [-0.1, -0.05) is 328 Å².